The summed E-state index contributed by atoms with van der Waals surface area (Å²) >= 11 is 1.51. The number of carbonyl (C=O) groups is 6. The number of benzene rings is 1. The highest BCUT2D eigenvalue weighted by Crippen LogP contribution is 2.29. The van der Waals surface area contributed by atoms with Crippen molar-refractivity contribution in [3.8, 4) is 5.75 Å². The molecule has 2 aliphatic heterocycles. The molecule has 1 aliphatic carbocycles. The number of hydrogen-bond donors (Lipinski definition) is 6. The molecule has 1 aromatic rings. The van der Waals surface area contributed by atoms with Gasteiger partial charge in [0.05, 0.1) is 6.10 Å². The number of hydrogen-bond acceptors (Lipinski definition) is 9. The van der Waals surface area contributed by atoms with E-state index in [0.29, 0.717) is 68.7 Å². The van der Waals surface area contributed by atoms with Crippen LogP contribution in [0.25, 0.3) is 0 Å². The van der Waals surface area contributed by atoms with Crippen molar-refractivity contribution in [2.24, 2.45) is 5.92 Å². The smallest absolute Gasteiger partial charge is 0.250 e. The summed E-state index contributed by atoms with van der Waals surface area (Å²) < 4.78 is 0. The molecule has 2 heterocycles. The lowest BCUT2D eigenvalue weighted by molar-refractivity contribution is -0.147. The van der Waals surface area contributed by atoms with Crippen LogP contribution in [0.2, 0.25) is 0 Å². The van der Waals surface area contributed by atoms with E-state index in [1.54, 1.807) is 12.1 Å². The van der Waals surface area contributed by atoms with E-state index in [1.807, 2.05) is 13.2 Å². The zero-order chi connectivity index (χ0) is 39.9. The van der Waals surface area contributed by atoms with Crippen molar-refractivity contribution in [2.45, 2.75) is 140 Å². The second-order valence-electron chi connectivity index (χ2n) is 15.2. The van der Waals surface area contributed by atoms with Crippen LogP contribution in [0.3, 0.4) is 0 Å². The van der Waals surface area contributed by atoms with Gasteiger partial charge in [-0.05, 0) is 93.9 Å². The van der Waals surface area contributed by atoms with Crippen LogP contribution in [0.5, 0.6) is 5.75 Å². The van der Waals surface area contributed by atoms with Crippen LogP contribution in [0.1, 0.15) is 115 Å². The van der Waals surface area contributed by atoms with Crippen molar-refractivity contribution in [3.63, 3.8) is 0 Å². The molecule has 6 amide bonds. The predicted molar refractivity (Wildman–Crippen MR) is 211 cm³/mol. The summed E-state index contributed by atoms with van der Waals surface area (Å²) in [6, 6.07) is 1.11. The number of aromatic hydroxyl groups is 1. The molecule has 55 heavy (non-hydrogen) atoms. The third-order valence-electron chi connectivity index (χ3n) is 11.0. The van der Waals surface area contributed by atoms with Crippen molar-refractivity contribution >= 4 is 47.2 Å². The first-order chi connectivity index (χ1) is 26.4. The Balaban J connectivity index is 1.49. The average Bonchev–Trinajstić information content (AvgIpc) is 3.69. The van der Waals surface area contributed by atoms with Gasteiger partial charge in [0.15, 0.2) is 0 Å². The van der Waals surface area contributed by atoms with Crippen LogP contribution in [-0.2, 0) is 28.8 Å². The summed E-state index contributed by atoms with van der Waals surface area (Å²) in [4.78, 5) is 85.1. The topological polar surface area (TPSA) is 197 Å². The SMILES string of the molecule is CCCNC(=O)[C@@H](NC(=O)[C@@H]1CCCN1C(=O)[C@H](CCSC)NC(=O)[C@@H]1CCCCN1C(=O)[C@@H](NC(=O)CCC1CCCCC1)c1ccc(O)cc1)C(C)O. The summed E-state index contributed by atoms with van der Waals surface area (Å²) in [5.41, 5.74) is 0.491. The van der Waals surface area contributed by atoms with Gasteiger partial charge in [-0.25, -0.2) is 0 Å². The number of amides is 6. The highest BCUT2D eigenvalue weighted by molar-refractivity contribution is 7.98. The maximum Gasteiger partial charge on any atom is 0.250 e. The zero-order valence-corrected chi connectivity index (χ0v) is 33.5. The predicted octanol–water partition coefficient (Wildman–Crippen LogP) is 2.91. The number of rotatable bonds is 18. The highest BCUT2D eigenvalue weighted by atomic mass is 32.2. The van der Waals surface area contributed by atoms with E-state index in [-0.39, 0.29) is 31.2 Å². The quantitative estimate of drug-likeness (QED) is 0.130. The Bertz CT molecular complexity index is 1460. The number of aliphatic hydroxyl groups is 1. The minimum atomic E-state index is -1.19. The van der Waals surface area contributed by atoms with Gasteiger partial charge < -0.3 is 41.3 Å². The molecule has 0 aromatic heterocycles. The van der Waals surface area contributed by atoms with Crippen molar-refractivity contribution in [1.29, 1.82) is 0 Å². The standard InChI is InChI=1S/C40H62N6O8S/c1-4-22-41-38(52)34(26(2)47)44-37(51)32-14-10-24-45(32)39(53)30(21-25-55-3)42-36(50)31-13-8-9-23-46(31)40(54)35(28-16-18-29(48)19-17-28)43-33(49)20-15-27-11-6-5-7-12-27/h16-19,26-27,30-32,34-35,47-48H,4-15,20-25H2,1-3H3,(H,41,52)(H,42,50)(H,43,49)(H,44,51)/t26?,30-,31-,32-,34-,35-/m0/s1. The molecular weight excluding hydrogens is 725 g/mol. The van der Waals surface area contributed by atoms with E-state index in [1.165, 1.54) is 59.9 Å². The van der Waals surface area contributed by atoms with Gasteiger partial charge in [-0.15, -0.1) is 0 Å². The number of nitrogens with zero attached hydrogens (tertiary/aromatic N) is 2. The number of piperidine rings is 1. The molecule has 14 nitrogen and oxygen atoms in total. The van der Waals surface area contributed by atoms with Crippen LogP contribution in [0.15, 0.2) is 24.3 Å². The summed E-state index contributed by atoms with van der Waals surface area (Å²) in [6.07, 6.45) is 11.1. The minimum absolute atomic E-state index is 0.0210. The molecule has 0 bridgehead atoms. The second-order valence-corrected chi connectivity index (χ2v) is 16.2. The Hall–Kier alpha value is -3.85. The molecular formula is C40H62N6O8S. The van der Waals surface area contributed by atoms with Crippen molar-refractivity contribution in [2.75, 3.05) is 31.6 Å². The van der Waals surface area contributed by atoms with Crippen LogP contribution in [-0.4, -0.2) is 117 Å². The normalized spacial score (nSPS) is 21.2. The molecule has 6 N–H and O–H groups in total. The lowest BCUT2D eigenvalue weighted by Gasteiger charge is -2.38. The molecule has 0 radical (unpaired) electrons. The molecule has 306 valence electrons. The van der Waals surface area contributed by atoms with E-state index in [2.05, 4.69) is 21.3 Å². The van der Waals surface area contributed by atoms with Crippen LogP contribution in [0, 0.1) is 5.92 Å². The number of phenols is 1. The average molecular weight is 787 g/mol. The fourth-order valence-electron chi connectivity index (χ4n) is 7.91. The maximum atomic E-state index is 14.4. The largest absolute Gasteiger partial charge is 0.508 e. The highest BCUT2D eigenvalue weighted by Gasteiger charge is 2.42. The number of aliphatic hydroxyl groups excluding tert-OH is 1. The number of nitrogens with one attached hydrogen (secondary N) is 4. The van der Waals surface area contributed by atoms with Crippen LogP contribution < -0.4 is 21.3 Å². The summed E-state index contributed by atoms with van der Waals surface area (Å²) in [5.74, 6) is -1.60. The second kappa shape index (κ2) is 22.0. The number of carbonyl (C=O) groups excluding carboxylic acids is 6. The fraction of sp³-hybridized carbons (Fsp3) is 0.700. The van der Waals surface area contributed by atoms with E-state index in [0.717, 1.165) is 19.3 Å². The Labute approximate surface area is 329 Å². The Morgan fingerprint density at radius 3 is 2.09 bits per heavy atom. The van der Waals surface area contributed by atoms with Crippen LogP contribution in [0.4, 0.5) is 0 Å². The van der Waals surface area contributed by atoms with Gasteiger partial charge in [0.1, 0.15) is 36.0 Å². The monoisotopic (exact) mass is 786 g/mol. The number of phenolic OH excluding ortho intramolecular Hbond substituents is 1. The summed E-state index contributed by atoms with van der Waals surface area (Å²) in [7, 11) is 0. The molecule has 1 unspecified atom stereocenters. The van der Waals surface area contributed by atoms with E-state index in [9.17, 15) is 39.0 Å². The third-order valence-corrected chi connectivity index (χ3v) is 11.7. The van der Waals surface area contributed by atoms with E-state index >= 15 is 0 Å². The number of thioether (sulfide) groups is 1. The maximum absolute atomic E-state index is 14.4. The Morgan fingerprint density at radius 2 is 1.44 bits per heavy atom. The molecule has 3 fully saturated rings. The van der Waals surface area contributed by atoms with Gasteiger partial charge in [-0.1, -0.05) is 51.2 Å². The summed E-state index contributed by atoms with van der Waals surface area (Å²) in [5, 5.41) is 31.4. The van der Waals surface area contributed by atoms with Crippen molar-refractivity contribution in [3.05, 3.63) is 29.8 Å². The first-order valence-corrected chi connectivity index (χ1v) is 21.6. The third kappa shape index (κ3) is 12.6. The molecule has 15 heteroatoms. The molecule has 1 saturated carbocycles. The molecule has 6 atom stereocenters. The van der Waals surface area contributed by atoms with Crippen molar-refractivity contribution < 1.29 is 39.0 Å². The summed E-state index contributed by atoms with van der Waals surface area (Å²) in [6.45, 7) is 4.27. The molecule has 0 spiro atoms. The van der Waals surface area contributed by atoms with Gasteiger partial charge in [0.25, 0.3) is 0 Å². The van der Waals surface area contributed by atoms with Crippen molar-refractivity contribution in [1.82, 2.24) is 31.1 Å². The lowest BCUT2D eigenvalue weighted by atomic mass is 9.86. The first-order valence-electron chi connectivity index (χ1n) is 20.2. The van der Waals surface area contributed by atoms with Gasteiger partial charge in [-0.2, -0.15) is 11.8 Å². The van der Waals surface area contributed by atoms with Gasteiger partial charge in [0, 0.05) is 26.1 Å². The lowest BCUT2D eigenvalue weighted by Crippen LogP contribution is -2.60. The first kappa shape index (κ1) is 43.9. The zero-order valence-electron chi connectivity index (χ0n) is 32.7. The number of likely N-dealkylation sites (tertiary alicyclic amines) is 2. The minimum Gasteiger partial charge on any atom is -0.508 e. The molecule has 4 rings (SSSR count). The molecule has 3 aliphatic rings. The van der Waals surface area contributed by atoms with Gasteiger partial charge in [-0.3, -0.25) is 28.8 Å². The van der Waals surface area contributed by atoms with Gasteiger partial charge >= 0.3 is 0 Å². The Kier molecular flexibility index (Phi) is 17.6. The molecule has 1 aromatic carbocycles. The van der Waals surface area contributed by atoms with Crippen LogP contribution >= 0.6 is 11.8 Å². The van der Waals surface area contributed by atoms with E-state index in [4.69, 9.17) is 0 Å². The van der Waals surface area contributed by atoms with E-state index < -0.39 is 65.8 Å². The fourth-order valence-corrected chi connectivity index (χ4v) is 8.38. The Morgan fingerprint density at radius 1 is 0.818 bits per heavy atom. The van der Waals surface area contributed by atoms with Gasteiger partial charge in [0.2, 0.25) is 35.4 Å². The molecule has 2 saturated heterocycles.